The number of nitrogens with one attached hydrogen (secondary N) is 4. The van der Waals surface area contributed by atoms with Crippen molar-refractivity contribution in [1.82, 2.24) is 15.0 Å². The maximum Gasteiger partial charge on any atom is 0.246 e. The molecule has 0 fully saturated rings. The van der Waals surface area contributed by atoms with Gasteiger partial charge < -0.3 is 26.0 Å². The van der Waals surface area contributed by atoms with Crippen molar-refractivity contribution in [1.29, 1.82) is 0 Å². The molecular formula is C26H27N7O2. The van der Waals surface area contributed by atoms with E-state index in [1.165, 1.54) is 0 Å². The molecule has 0 aliphatic heterocycles. The summed E-state index contributed by atoms with van der Waals surface area (Å²) in [6.07, 6.45) is 0. The number of nitrogens with zero attached hydrogens (tertiary/aromatic N) is 3. The molecule has 1 heterocycles. The van der Waals surface area contributed by atoms with Crippen molar-refractivity contribution in [2.75, 3.05) is 27.9 Å². The summed E-state index contributed by atoms with van der Waals surface area (Å²) in [7, 11) is 0. The van der Waals surface area contributed by atoms with Crippen LogP contribution in [-0.2, 0) is 4.79 Å². The van der Waals surface area contributed by atoms with Gasteiger partial charge in [0, 0.05) is 17.1 Å². The van der Waals surface area contributed by atoms with Crippen molar-refractivity contribution < 1.29 is 9.53 Å². The van der Waals surface area contributed by atoms with Crippen molar-refractivity contribution in [2.24, 2.45) is 0 Å². The third-order valence-electron chi connectivity index (χ3n) is 4.87. The summed E-state index contributed by atoms with van der Waals surface area (Å²) in [6.45, 7) is 4.24. The number of carbonyl (C=O) groups excluding carboxylic acids is 1. The highest BCUT2D eigenvalue weighted by molar-refractivity contribution is 5.96. The summed E-state index contributed by atoms with van der Waals surface area (Å²) in [5, 5.41) is 12.3. The van der Waals surface area contributed by atoms with Crippen LogP contribution in [0.3, 0.4) is 0 Å². The van der Waals surface area contributed by atoms with Gasteiger partial charge in [-0.05, 0) is 62.4 Å². The second-order valence-electron chi connectivity index (χ2n) is 7.60. The largest absolute Gasteiger partial charge is 0.494 e. The SMILES string of the molecule is CCOc1ccc(NC(=O)C(C)Nc2nc(Nc3ccccc3)nc(Nc3ccccc3)n2)cc1. The molecule has 4 aromatic rings. The summed E-state index contributed by atoms with van der Waals surface area (Å²) in [4.78, 5) is 26.1. The van der Waals surface area contributed by atoms with Gasteiger partial charge in [-0.3, -0.25) is 4.79 Å². The minimum Gasteiger partial charge on any atom is -0.494 e. The van der Waals surface area contributed by atoms with Gasteiger partial charge in [-0.15, -0.1) is 0 Å². The van der Waals surface area contributed by atoms with E-state index in [9.17, 15) is 4.79 Å². The Labute approximate surface area is 204 Å². The van der Waals surface area contributed by atoms with Gasteiger partial charge >= 0.3 is 0 Å². The number of hydrogen-bond donors (Lipinski definition) is 4. The molecular weight excluding hydrogens is 442 g/mol. The molecule has 4 N–H and O–H groups in total. The number of carbonyl (C=O) groups is 1. The zero-order chi connectivity index (χ0) is 24.5. The lowest BCUT2D eigenvalue weighted by atomic mass is 10.2. The average molecular weight is 470 g/mol. The van der Waals surface area contributed by atoms with Crippen molar-refractivity contribution in [3.8, 4) is 5.75 Å². The molecule has 0 spiro atoms. The van der Waals surface area contributed by atoms with Crippen molar-refractivity contribution in [2.45, 2.75) is 19.9 Å². The Morgan fingerprint density at radius 3 is 1.77 bits per heavy atom. The highest BCUT2D eigenvalue weighted by atomic mass is 16.5. The highest BCUT2D eigenvalue weighted by Crippen LogP contribution is 2.19. The van der Waals surface area contributed by atoms with E-state index in [2.05, 4.69) is 36.2 Å². The first-order valence-electron chi connectivity index (χ1n) is 11.3. The number of amides is 1. The molecule has 4 rings (SSSR count). The van der Waals surface area contributed by atoms with Crippen LogP contribution in [0.1, 0.15) is 13.8 Å². The fourth-order valence-corrected chi connectivity index (χ4v) is 3.16. The van der Waals surface area contributed by atoms with Crippen molar-refractivity contribution in [3.05, 3.63) is 84.9 Å². The lowest BCUT2D eigenvalue weighted by Crippen LogP contribution is -2.32. The molecule has 0 saturated carbocycles. The molecule has 35 heavy (non-hydrogen) atoms. The summed E-state index contributed by atoms with van der Waals surface area (Å²) < 4.78 is 5.44. The Bertz CT molecular complexity index is 1180. The van der Waals surface area contributed by atoms with Gasteiger partial charge in [0.15, 0.2) is 0 Å². The molecule has 3 aromatic carbocycles. The third-order valence-corrected chi connectivity index (χ3v) is 4.87. The highest BCUT2D eigenvalue weighted by Gasteiger charge is 2.16. The minimum atomic E-state index is -0.613. The smallest absolute Gasteiger partial charge is 0.246 e. The molecule has 0 aliphatic carbocycles. The summed E-state index contributed by atoms with van der Waals surface area (Å²) in [6, 6.07) is 25.8. The Morgan fingerprint density at radius 2 is 1.26 bits per heavy atom. The fourth-order valence-electron chi connectivity index (χ4n) is 3.16. The van der Waals surface area contributed by atoms with Gasteiger partial charge in [0.05, 0.1) is 6.61 Å². The number of hydrogen-bond acceptors (Lipinski definition) is 8. The third kappa shape index (κ3) is 6.91. The normalized spacial score (nSPS) is 11.3. The van der Waals surface area contributed by atoms with Gasteiger partial charge in [-0.25, -0.2) is 0 Å². The number of aromatic nitrogens is 3. The average Bonchev–Trinajstić information content (AvgIpc) is 2.86. The van der Waals surface area contributed by atoms with Gasteiger partial charge in [0.25, 0.3) is 0 Å². The van der Waals surface area contributed by atoms with Crippen LogP contribution in [0.4, 0.5) is 34.9 Å². The second kappa shape index (κ2) is 11.5. The number of rotatable bonds is 10. The molecule has 0 saturated heterocycles. The van der Waals surface area contributed by atoms with Crippen LogP contribution in [0.25, 0.3) is 0 Å². The molecule has 0 aliphatic rings. The molecule has 0 radical (unpaired) electrons. The van der Waals surface area contributed by atoms with Crippen LogP contribution in [0.15, 0.2) is 84.9 Å². The van der Waals surface area contributed by atoms with E-state index < -0.39 is 6.04 Å². The Hall–Kier alpha value is -4.66. The first-order valence-corrected chi connectivity index (χ1v) is 11.3. The Morgan fingerprint density at radius 1 is 0.743 bits per heavy atom. The van der Waals surface area contributed by atoms with Crippen molar-refractivity contribution in [3.63, 3.8) is 0 Å². The van der Waals surface area contributed by atoms with Gasteiger partial charge in [-0.2, -0.15) is 15.0 Å². The van der Waals surface area contributed by atoms with E-state index in [4.69, 9.17) is 4.74 Å². The molecule has 0 bridgehead atoms. The van der Waals surface area contributed by atoms with Gasteiger partial charge in [-0.1, -0.05) is 36.4 Å². The van der Waals surface area contributed by atoms with Crippen LogP contribution in [-0.4, -0.2) is 33.5 Å². The maximum absolute atomic E-state index is 12.8. The quantitative estimate of drug-likeness (QED) is 0.251. The van der Waals surface area contributed by atoms with Crippen LogP contribution in [0.2, 0.25) is 0 Å². The van der Waals surface area contributed by atoms with E-state index in [-0.39, 0.29) is 11.9 Å². The first kappa shape index (κ1) is 23.5. The lowest BCUT2D eigenvalue weighted by molar-refractivity contribution is -0.116. The monoisotopic (exact) mass is 469 g/mol. The fraction of sp³-hybridized carbons (Fsp3) is 0.154. The zero-order valence-electron chi connectivity index (χ0n) is 19.5. The maximum atomic E-state index is 12.8. The summed E-state index contributed by atoms with van der Waals surface area (Å²) >= 11 is 0. The zero-order valence-corrected chi connectivity index (χ0v) is 19.5. The summed E-state index contributed by atoms with van der Waals surface area (Å²) in [5.74, 6) is 1.45. The number of anilines is 6. The van der Waals surface area contributed by atoms with E-state index >= 15 is 0 Å². The van der Waals surface area contributed by atoms with E-state index in [0.29, 0.717) is 24.2 Å². The lowest BCUT2D eigenvalue weighted by Gasteiger charge is -2.16. The standard InChI is InChI=1S/C26H27N7O2/c1-3-35-22-16-14-21(15-17-22)28-23(34)18(2)27-24-31-25(29-19-10-6-4-7-11-19)33-26(32-24)30-20-12-8-5-9-13-20/h4-18H,3H2,1-2H3,(H,28,34)(H3,27,29,30,31,32,33). The Kier molecular flexibility index (Phi) is 7.70. The Balaban J connectivity index is 1.49. The predicted octanol–water partition coefficient (Wildman–Crippen LogP) is 5.20. The molecule has 1 amide bonds. The van der Waals surface area contributed by atoms with E-state index in [0.717, 1.165) is 17.1 Å². The molecule has 178 valence electrons. The first-order chi connectivity index (χ1) is 17.1. The van der Waals surface area contributed by atoms with Crippen LogP contribution in [0, 0.1) is 0 Å². The second-order valence-corrected chi connectivity index (χ2v) is 7.60. The molecule has 9 heteroatoms. The number of benzene rings is 3. The van der Waals surface area contributed by atoms with Gasteiger partial charge in [0.1, 0.15) is 11.8 Å². The van der Waals surface area contributed by atoms with Crippen LogP contribution >= 0.6 is 0 Å². The molecule has 1 unspecified atom stereocenters. The topological polar surface area (TPSA) is 113 Å². The summed E-state index contributed by atoms with van der Waals surface area (Å²) in [5.41, 5.74) is 2.33. The van der Waals surface area contributed by atoms with Gasteiger partial charge in [0.2, 0.25) is 23.8 Å². The number of para-hydroxylation sites is 2. The molecule has 1 atom stereocenters. The van der Waals surface area contributed by atoms with Crippen LogP contribution < -0.4 is 26.0 Å². The van der Waals surface area contributed by atoms with E-state index in [1.807, 2.05) is 79.7 Å². The molecule has 1 aromatic heterocycles. The predicted molar refractivity (Wildman–Crippen MR) is 139 cm³/mol. The van der Waals surface area contributed by atoms with E-state index in [1.54, 1.807) is 19.1 Å². The number of ether oxygens (including phenoxy) is 1. The van der Waals surface area contributed by atoms with Crippen molar-refractivity contribution >= 4 is 40.8 Å². The molecule has 9 nitrogen and oxygen atoms in total. The minimum absolute atomic E-state index is 0.232. The van der Waals surface area contributed by atoms with Crippen LogP contribution in [0.5, 0.6) is 5.75 Å².